The molecule has 29 heavy (non-hydrogen) atoms. The Balaban J connectivity index is 1.57. The molecule has 2 amide bonds. The fourth-order valence-corrected chi connectivity index (χ4v) is 4.47. The molecule has 1 atom stereocenters. The normalized spacial score (nSPS) is 16.9. The summed E-state index contributed by atoms with van der Waals surface area (Å²) in [5.74, 6) is -1.12. The van der Waals surface area contributed by atoms with Crippen molar-refractivity contribution in [3.63, 3.8) is 0 Å². The summed E-state index contributed by atoms with van der Waals surface area (Å²) in [5.41, 5.74) is 2.50. The van der Waals surface area contributed by atoms with Gasteiger partial charge in [-0.25, -0.2) is 4.39 Å². The smallest absolute Gasteiger partial charge is 0.254 e. The van der Waals surface area contributed by atoms with Crippen LogP contribution in [0.2, 0.25) is 0 Å². The molecular weight excluding hydrogens is 387 g/mol. The van der Waals surface area contributed by atoms with Crippen LogP contribution in [-0.2, 0) is 11.2 Å². The SMILES string of the molecule is O=C1NCCN(C(=O)c2cccc(F)c2)C[C@H]1Cc1ccccc1-c1cccs1. The molecule has 1 aliphatic rings. The maximum absolute atomic E-state index is 13.5. The number of rotatable bonds is 4. The van der Waals surface area contributed by atoms with Gasteiger partial charge in [-0.3, -0.25) is 9.59 Å². The van der Waals surface area contributed by atoms with Gasteiger partial charge in [0.05, 0.1) is 5.92 Å². The monoisotopic (exact) mass is 408 g/mol. The van der Waals surface area contributed by atoms with E-state index in [1.165, 1.54) is 18.2 Å². The standard InChI is InChI=1S/C23H21FN2O2S/c24-19-7-3-6-17(14-19)23(28)26-11-10-25-22(27)18(15-26)13-16-5-1-2-8-20(16)21-9-4-12-29-21/h1-9,12,14,18H,10-11,13,15H2,(H,25,27)/t18-/m1/s1. The van der Waals surface area contributed by atoms with Crippen LogP contribution < -0.4 is 5.32 Å². The zero-order chi connectivity index (χ0) is 20.2. The molecule has 1 N–H and O–H groups in total. The van der Waals surface area contributed by atoms with Gasteiger partial charge in [-0.2, -0.15) is 0 Å². The second-order valence-electron chi connectivity index (χ2n) is 7.09. The van der Waals surface area contributed by atoms with Crippen molar-refractivity contribution in [3.05, 3.63) is 83.0 Å². The van der Waals surface area contributed by atoms with E-state index in [2.05, 4.69) is 17.4 Å². The van der Waals surface area contributed by atoms with Crippen LogP contribution in [0.3, 0.4) is 0 Å². The van der Waals surface area contributed by atoms with E-state index < -0.39 is 5.82 Å². The molecule has 0 aliphatic carbocycles. The molecule has 1 fully saturated rings. The van der Waals surface area contributed by atoms with Gasteiger partial charge < -0.3 is 10.2 Å². The number of nitrogens with zero attached hydrogens (tertiary/aromatic N) is 1. The highest BCUT2D eigenvalue weighted by Gasteiger charge is 2.29. The lowest BCUT2D eigenvalue weighted by Crippen LogP contribution is -2.37. The minimum atomic E-state index is -0.443. The lowest BCUT2D eigenvalue weighted by Gasteiger charge is -2.24. The predicted molar refractivity (Wildman–Crippen MR) is 112 cm³/mol. The lowest BCUT2D eigenvalue weighted by atomic mass is 9.94. The Morgan fingerprint density at radius 3 is 2.79 bits per heavy atom. The number of carbonyl (C=O) groups excluding carboxylic acids is 2. The first-order valence-electron chi connectivity index (χ1n) is 9.56. The molecular formula is C23H21FN2O2S. The molecule has 0 spiro atoms. The number of hydrogen-bond acceptors (Lipinski definition) is 3. The summed E-state index contributed by atoms with van der Waals surface area (Å²) in [6.45, 7) is 1.10. The summed E-state index contributed by atoms with van der Waals surface area (Å²) in [6.07, 6.45) is 0.535. The highest BCUT2D eigenvalue weighted by atomic mass is 32.1. The van der Waals surface area contributed by atoms with Crippen molar-refractivity contribution in [1.82, 2.24) is 10.2 Å². The Bertz CT molecular complexity index is 1020. The van der Waals surface area contributed by atoms with E-state index in [1.54, 1.807) is 22.3 Å². The fraction of sp³-hybridized carbons (Fsp3) is 0.217. The number of halogens is 1. The van der Waals surface area contributed by atoms with Crippen molar-refractivity contribution >= 4 is 23.2 Å². The van der Waals surface area contributed by atoms with E-state index in [-0.39, 0.29) is 17.7 Å². The average Bonchev–Trinajstić information content (AvgIpc) is 3.20. The van der Waals surface area contributed by atoms with Crippen LogP contribution in [0.1, 0.15) is 15.9 Å². The van der Waals surface area contributed by atoms with Crippen molar-refractivity contribution < 1.29 is 14.0 Å². The molecule has 0 bridgehead atoms. The average molecular weight is 408 g/mol. The van der Waals surface area contributed by atoms with E-state index in [4.69, 9.17) is 0 Å². The molecule has 0 unspecified atom stereocenters. The first-order chi connectivity index (χ1) is 14.1. The van der Waals surface area contributed by atoms with Gasteiger partial charge in [0.25, 0.3) is 5.91 Å². The van der Waals surface area contributed by atoms with Gasteiger partial charge in [0.15, 0.2) is 0 Å². The molecule has 1 aromatic heterocycles. The van der Waals surface area contributed by atoms with Gasteiger partial charge in [-0.15, -0.1) is 11.3 Å². The van der Waals surface area contributed by atoms with Crippen molar-refractivity contribution in [2.45, 2.75) is 6.42 Å². The quantitative estimate of drug-likeness (QED) is 0.710. The zero-order valence-electron chi connectivity index (χ0n) is 15.8. The Labute approximate surface area is 173 Å². The van der Waals surface area contributed by atoms with Crippen LogP contribution in [0.5, 0.6) is 0 Å². The van der Waals surface area contributed by atoms with E-state index in [0.717, 1.165) is 16.0 Å². The summed E-state index contributed by atoms with van der Waals surface area (Å²) < 4.78 is 13.5. The fourth-order valence-electron chi connectivity index (χ4n) is 3.68. The van der Waals surface area contributed by atoms with Gasteiger partial charge in [0.1, 0.15) is 5.82 Å². The highest BCUT2D eigenvalue weighted by Crippen LogP contribution is 2.30. The summed E-state index contributed by atoms with van der Waals surface area (Å²) >= 11 is 1.66. The Hall–Kier alpha value is -2.99. The predicted octanol–water partition coefficient (Wildman–Crippen LogP) is 3.99. The number of benzene rings is 2. The molecule has 6 heteroatoms. The topological polar surface area (TPSA) is 49.4 Å². The maximum Gasteiger partial charge on any atom is 0.254 e. The van der Waals surface area contributed by atoms with E-state index in [1.807, 2.05) is 29.6 Å². The molecule has 0 radical (unpaired) electrons. The third-order valence-electron chi connectivity index (χ3n) is 5.12. The Morgan fingerprint density at radius 2 is 2.00 bits per heavy atom. The van der Waals surface area contributed by atoms with Crippen molar-refractivity contribution in [1.29, 1.82) is 0 Å². The van der Waals surface area contributed by atoms with Crippen LogP contribution in [0.4, 0.5) is 4.39 Å². The van der Waals surface area contributed by atoms with Crippen LogP contribution in [-0.4, -0.2) is 36.3 Å². The molecule has 1 saturated heterocycles. The summed E-state index contributed by atoms with van der Waals surface area (Å²) in [6, 6.07) is 17.8. The molecule has 4 nitrogen and oxygen atoms in total. The third kappa shape index (κ3) is 4.38. The van der Waals surface area contributed by atoms with Gasteiger partial charge >= 0.3 is 0 Å². The van der Waals surface area contributed by atoms with Gasteiger partial charge in [0, 0.05) is 30.1 Å². The first kappa shape index (κ1) is 19.3. The second kappa shape index (κ2) is 8.57. The first-order valence-corrected chi connectivity index (χ1v) is 10.4. The molecule has 3 aromatic rings. The van der Waals surface area contributed by atoms with E-state index in [9.17, 15) is 14.0 Å². The van der Waals surface area contributed by atoms with Crippen LogP contribution in [0, 0.1) is 11.7 Å². The molecule has 0 saturated carbocycles. The van der Waals surface area contributed by atoms with Crippen LogP contribution in [0.25, 0.3) is 10.4 Å². The minimum absolute atomic E-state index is 0.0551. The summed E-state index contributed by atoms with van der Waals surface area (Å²) in [5, 5.41) is 4.94. The van der Waals surface area contributed by atoms with Crippen molar-refractivity contribution in [2.75, 3.05) is 19.6 Å². The molecule has 2 heterocycles. The van der Waals surface area contributed by atoms with Gasteiger partial charge in [-0.05, 0) is 47.2 Å². The van der Waals surface area contributed by atoms with E-state index >= 15 is 0 Å². The largest absolute Gasteiger partial charge is 0.354 e. The van der Waals surface area contributed by atoms with Crippen molar-refractivity contribution in [3.8, 4) is 10.4 Å². The van der Waals surface area contributed by atoms with Crippen LogP contribution >= 0.6 is 11.3 Å². The summed E-state index contributed by atoms with van der Waals surface area (Å²) in [4.78, 5) is 28.4. The molecule has 4 rings (SSSR count). The van der Waals surface area contributed by atoms with Crippen molar-refractivity contribution in [2.24, 2.45) is 5.92 Å². The highest BCUT2D eigenvalue weighted by molar-refractivity contribution is 7.13. The Kier molecular flexibility index (Phi) is 5.71. The number of thiophene rings is 1. The molecule has 2 aromatic carbocycles. The summed E-state index contributed by atoms with van der Waals surface area (Å²) in [7, 11) is 0. The van der Waals surface area contributed by atoms with E-state index in [0.29, 0.717) is 31.6 Å². The number of carbonyl (C=O) groups is 2. The van der Waals surface area contributed by atoms with Crippen LogP contribution in [0.15, 0.2) is 66.0 Å². The number of amides is 2. The molecule has 1 aliphatic heterocycles. The number of nitrogens with one attached hydrogen (secondary N) is 1. The molecule has 148 valence electrons. The zero-order valence-corrected chi connectivity index (χ0v) is 16.6. The van der Waals surface area contributed by atoms with Gasteiger partial charge in [0.2, 0.25) is 5.91 Å². The maximum atomic E-state index is 13.5. The second-order valence-corrected chi connectivity index (χ2v) is 8.04. The third-order valence-corrected chi connectivity index (χ3v) is 6.02. The van der Waals surface area contributed by atoms with Gasteiger partial charge in [-0.1, -0.05) is 36.4 Å². The Morgan fingerprint density at radius 1 is 1.14 bits per heavy atom. The number of hydrogen-bond donors (Lipinski definition) is 1. The minimum Gasteiger partial charge on any atom is -0.354 e. The lowest BCUT2D eigenvalue weighted by molar-refractivity contribution is -0.124.